The number of anilines is 2. The molecular weight excluding hydrogens is 611 g/mol. The van der Waals surface area contributed by atoms with E-state index in [4.69, 9.17) is 15.0 Å². The van der Waals surface area contributed by atoms with Crippen molar-refractivity contribution in [3.63, 3.8) is 0 Å². The number of aromatic nitrogens is 4. The van der Waals surface area contributed by atoms with E-state index in [1.54, 1.807) is 0 Å². The van der Waals surface area contributed by atoms with Crippen molar-refractivity contribution in [3.05, 3.63) is 170 Å². The molecule has 0 radical (unpaired) electrons. The Bertz CT molecular complexity index is 2500. The summed E-state index contributed by atoms with van der Waals surface area (Å²) in [6.07, 6.45) is 18.5. The molecule has 5 heteroatoms. The van der Waals surface area contributed by atoms with E-state index in [0.717, 1.165) is 104 Å². The quantitative estimate of drug-likeness (QED) is 0.187. The highest BCUT2D eigenvalue weighted by Gasteiger charge is 2.24. The van der Waals surface area contributed by atoms with Gasteiger partial charge >= 0.3 is 0 Å². The number of rotatable bonds is 5. The molecule has 0 unspecified atom stereocenters. The largest absolute Gasteiger partial charge is 0.314 e. The lowest BCUT2D eigenvalue weighted by molar-refractivity contribution is 1.01. The summed E-state index contributed by atoms with van der Waals surface area (Å²) < 4.78 is 2.30. The van der Waals surface area contributed by atoms with Crippen molar-refractivity contribution >= 4 is 44.5 Å². The second kappa shape index (κ2) is 12.6. The zero-order chi connectivity index (χ0) is 33.4. The molecule has 1 aliphatic heterocycles. The first kappa shape index (κ1) is 29.8. The summed E-state index contributed by atoms with van der Waals surface area (Å²) in [7, 11) is 0. The molecule has 0 amide bonds. The van der Waals surface area contributed by atoms with Crippen LogP contribution in [0.3, 0.4) is 0 Å². The maximum Gasteiger partial charge on any atom is 0.159 e. The van der Waals surface area contributed by atoms with Crippen LogP contribution in [0.4, 0.5) is 11.4 Å². The van der Waals surface area contributed by atoms with Crippen LogP contribution in [0.5, 0.6) is 0 Å². The van der Waals surface area contributed by atoms with Gasteiger partial charge in [-0.15, -0.1) is 0 Å². The first-order valence-electron chi connectivity index (χ1n) is 17.3. The Morgan fingerprint density at radius 1 is 0.680 bits per heavy atom. The summed E-state index contributed by atoms with van der Waals surface area (Å²) in [6.45, 7) is 4.66. The molecule has 0 saturated heterocycles. The van der Waals surface area contributed by atoms with E-state index in [1.807, 2.05) is 36.7 Å². The number of hydrogen-bond donors (Lipinski definition) is 0. The van der Waals surface area contributed by atoms with Gasteiger partial charge in [-0.2, -0.15) is 0 Å². The minimum absolute atomic E-state index is 0.728. The molecule has 0 saturated carbocycles. The molecule has 4 aromatic carbocycles. The van der Waals surface area contributed by atoms with Crippen molar-refractivity contribution in [2.45, 2.75) is 25.7 Å². The number of benzene rings is 4. The summed E-state index contributed by atoms with van der Waals surface area (Å²) in [6, 6.07) is 38.3. The summed E-state index contributed by atoms with van der Waals surface area (Å²) in [5.41, 5.74) is 14.1. The van der Waals surface area contributed by atoms with E-state index < -0.39 is 0 Å². The molecule has 50 heavy (non-hydrogen) atoms. The van der Waals surface area contributed by atoms with Crippen LogP contribution < -0.4 is 4.90 Å². The van der Waals surface area contributed by atoms with Crippen molar-refractivity contribution in [2.24, 2.45) is 0 Å². The van der Waals surface area contributed by atoms with E-state index in [-0.39, 0.29) is 0 Å². The summed E-state index contributed by atoms with van der Waals surface area (Å²) >= 11 is 0. The molecule has 0 atom stereocenters. The second-order valence-electron chi connectivity index (χ2n) is 12.8. The fraction of sp³-hybridized carbons (Fsp3) is 0.0889. The first-order chi connectivity index (χ1) is 24.7. The third-order valence-corrected chi connectivity index (χ3v) is 9.75. The van der Waals surface area contributed by atoms with Gasteiger partial charge in [-0.3, -0.25) is 4.98 Å². The predicted octanol–water partition coefficient (Wildman–Crippen LogP) is 11.5. The molecule has 240 valence electrons. The van der Waals surface area contributed by atoms with Gasteiger partial charge in [-0.1, -0.05) is 97.6 Å². The monoisotopic (exact) mass is 645 g/mol. The third-order valence-electron chi connectivity index (χ3n) is 9.75. The number of para-hydroxylation sites is 1. The lowest BCUT2D eigenvalue weighted by Gasteiger charge is -2.29. The highest BCUT2D eigenvalue weighted by Crippen LogP contribution is 2.45. The van der Waals surface area contributed by atoms with E-state index in [2.05, 4.69) is 131 Å². The van der Waals surface area contributed by atoms with Crippen LogP contribution in [0.25, 0.3) is 61.3 Å². The summed E-state index contributed by atoms with van der Waals surface area (Å²) in [5, 5.41) is 1.12. The minimum Gasteiger partial charge on any atom is -0.314 e. The van der Waals surface area contributed by atoms with E-state index in [0.29, 0.717) is 0 Å². The van der Waals surface area contributed by atoms with Gasteiger partial charge < -0.3 is 9.47 Å². The van der Waals surface area contributed by atoms with Crippen LogP contribution >= 0.6 is 0 Å². The van der Waals surface area contributed by atoms with Gasteiger partial charge in [0.15, 0.2) is 5.82 Å². The van der Waals surface area contributed by atoms with Crippen LogP contribution in [-0.4, -0.2) is 19.5 Å². The van der Waals surface area contributed by atoms with Gasteiger partial charge in [0.05, 0.1) is 39.8 Å². The normalized spacial score (nSPS) is 15.1. The van der Waals surface area contributed by atoms with Crippen molar-refractivity contribution in [1.29, 1.82) is 0 Å². The van der Waals surface area contributed by atoms with Gasteiger partial charge in [-0.05, 0) is 90.4 Å². The van der Waals surface area contributed by atoms with Gasteiger partial charge in [0.1, 0.15) is 0 Å². The molecule has 0 spiro atoms. The Labute approximate surface area is 291 Å². The fourth-order valence-corrected chi connectivity index (χ4v) is 7.38. The second-order valence-corrected chi connectivity index (χ2v) is 12.8. The Kier molecular flexibility index (Phi) is 7.51. The molecule has 7 aromatic rings. The SMILES string of the molecule is C=C1CC/C=C\N(c2cnc(-c3ccccc3)nc2C2=CC=CCC2)c2cccc(-c3ccc4c(c3)c3ncccc3n4-c3ccccc3)c21. The Balaban J connectivity index is 1.23. The Hall–Kier alpha value is -6.33. The predicted molar refractivity (Wildman–Crippen MR) is 207 cm³/mol. The van der Waals surface area contributed by atoms with Crippen molar-refractivity contribution in [2.75, 3.05) is 4.90 Å². The van der Waals surface area contributed by atoms with Crippen LogP contribution in [0.1, 0.15) is 36.9 Å². The van der Waals surface area contributed by atoms with Crippen molar-refractivity contribution in [1.82, 2.24) is 19.5 Å². The number of pyridine rings is 1. The molecule has 0 N–H and O–H groups in total. The Morgan fingerprint density at radius 3 is 2.36 bits per heavy atom. The van der Waals surface area contributed by atoms with Gasteiger partial charge in [0.2, 0.25) is 0 Å². The summed E-state index contributed by atoms with van der Waals surface area (Å²) in [4.78, 5) is 17.3. The average Bonchev–Trinajstić information content (AvgIpc) is 3.51. The molecule has 4 heterocycles. The van der Waals surface area contributed by atoms with Crippen LogP contribution in [-0.2, 0) is 0 Å². The maximum atomic E-state index is 5.24. The number of fused-ring (bicyclic) bond motifs is 4. The topological polar surface area (TPSA) is 46.8 Å². The molecule has 5 nitrogen and oxygen atoms in total. The van der Waals surface area contributed by atoms with Gasteiger partial charge in [0, 0.05) is 34.6 Å². The third kappa shape index (κ3) is 5.15. The van der Waals surface area contributed by atoms with Crippen molar-refractivity contribution in [3.8, 4) is 28.2 Å². The smallest absolute Gasteiger partial charge is 0.159 e. The van der Waals surface area contributed by atoms with Crippen LogP contribution in [0, 0.1) is 0 Å². The Morgan fingerprint density at radius 2 is 1.52 bits per heavy atom. The van der Waals surface area contributed by atoms with Gasteiger partial charge in [0.25, 0.3) is 0 Å². The number of hydrogen-bond acceptors (Lipinski definition) is 4. The highest BCUT2D eigenvalue weighted by atomic mass is 15.1. The van der Waals surface area contributed by atoms with Crippen LogP contribution in [0.15, 0.2) is 159 Å². The van der Waals surface area contributed by atoms with E-state index in [9.17, 15) is 0 Å². The lowest BCUT2D eigenvalue weighted by Crippen LogP contribution is -2.16. The first-order valence-corrected chi connectivity index (χ1v) is 17.3. The van der Waals surface area contributed by atoms with E-state index in [1.165, 1.54) is 5.57 Å². The number of allylic oxidation sites excluding steroid dienone is 6. The average molecular weight is 646 g/mol. The maximum absolute atomic E-state index is 5.24. The molecule has 9 rings (SSSR count). The molecule has 3 aromatic heterocycles. The minimum atomic E-state index is 0.728. The highest BCUT2D eigenvalue weighted by molar-refractivity contribution is 6.09. The van der Waals surface area contributed by atoms with E-state index >= 15 is 0 Å². The zero-order valence-corrected chi connectivity index (χ0v) is 27.7. The lowest BCUT2D eigenvalue weighted by atomic mass is 9.89. The molecule has 0 bridgehead atoms. The molecular formula is C45H35N5. The number of nitrogens with zero attached hydrogens (tertiary/aromatic N) is 5. The van der Waals surface area contributed by atoms with Crippen LogP contribution in [0.2, 0.25) is 0 Å². The zero-order valence-electron chi connectivity index (χ0n) is 27.7. The fourth-order valence-electron chi connectivity index (χ4n) is 7.38. The molecule has 2 aliphatic rings. The summed E-state index contributed by atoms with van der Waals surface area (Å²) in [5.74, 6) is 0.728. The standard InChI is InChI=1S/C45H35N5/c1-31-15-11-12-28-49(41-30-47-45(33-18-7-3-8-19-33)48-43(41)32-16-5-2-6-17-32)39-23-13-22-36(42(31)39)34-25-26-38-37(29-34)44-40(24-14-27-46-44)50(38)35-20-9-4-10-21-35/h2-5,7-10,12-14,16,18-30H,1,6,11,15,17H2/b28-12-. The van der Waals surface area contributed by atoms with Crippen molar-refractivity contribution < 1.29 is 0 Å². The van der Waals surface area contributed by atoms with Gasteiger partial charge in [-0.25, -0.2) is 9.97 Å². The molecule has 0 fully saturated rings. The molecule has 1 aliphatic carbocycles.